The largest absolute Gasteiger partial charge is 0.573 e. The highest BCUT2D eigenvalue weighted by molar-refractivity contribution is 5.35. The second kappa shape index (κ2) is 11.8. The number of rotatable bonds is 11. The molecule has 0 N–H and O–H groups in total. The summed E-state index contributed by atoms with van der Waals surface area (Å²) in [7, 11) is 1.14. The van der Waals surface area contributed by atoms with E-state index in [4.69, 9.17) is 9.47 Å². The fourth-order valence-corrected chi connectivity index (χ4v) is 3.15. The van der Waals surface area contributed by atoms with Gasteiger partial charge >= 0.3 is 19.0 Å². The molecule has 0 amide bonds. The third-order valence-electron chi connectivity index (χ3n) is 4.83. The first-order chi connectivity index (χ1) is 16.2. The Balaban J connectivity index is 1.98. The first kappa shape index (κ1) is 28.6. The maximum absolute atomic E-state index is 12.7. The molecule has 0 aliphatic rings. The fourth-order valence-electron chi connectivity index (χ4n) is 3.15. The lowest BCUT2D eigenvalue weighted by Gasteiger charge is -2.28. The summed E-state index contributed by atoms with van der Waals surface area (Å²) < 4.78 is 128. The SMILES string of the molecule is COC(CCN(C(F)(F)F)C(F)(F)F)COc1ccccc1CCc1cccc(OC(F)(F)F)c1. The van der Waals surface area contributed by atoms with Crippen molar-refractivity contribution in [1.29, 1.82) is 0 Å². The van der Waals surface area contributed by atoms with Crippen LogP contribution in [0.5, 0.6) is 11.5 Å². The lowest BCUT2D eigenvalue weighted by Crippen LogP contribution is -2.49. The minimum atomic E-state index is -5.59. The van der Waals surface area contributed by atoms with Crippen LogP contribution in [0.15, 0.2) is 48.5 Å². The van der Waals surface area contributed by atoms with E-state index in [1.165, 1.54) is 12.1 Å². The number of aryl methyl sites for hydroxylation is 2. The van der Waals surface area contributed by atoms with Crippen LogP contribution >= 0.6 is 0 Å². The van der Waals surface area contributed by atoms with Crippen molar-refractivity contribution in [2.75, 3.05) is 20.3 Å². The molecule has 1 atom stereocenters. The zero-order valence-corrected chi connectivity index (χ0v) is 18.3. The van der Waals surface area contributed by atoms with E-state index < -0.39 is 42.9 Å². The molecule has 0 radical (unpaired) electrons. The molecule has 2 rings (SSSR count). The summed E-state index contributed by atoms with van der Waals surface area (Å²) in [5.41, 5.74) is 1.19. The summed E-state index contributed by atoms with van der Waals surface area (Å²) in [5.74, 6) is -0.0463. The topological polar surface area (TPSA) is 30.9 Å². The molecule has 0 aliphatic carbocycles. The van der Waals surface area contributed by atoms with Gasteiger partial charge in [0.2, 0.25) is 0 Å². The molecule has 0 aliphatic heterocycles. The van der Waals surface area contributed by atoms with Gasteiger partial charge in [0.25, 0.3) is 0 Å². The van der Waals surface area contributed by atoms with Gasteiger partial charge in [0, 0.05) is 13.7 Å². The van der Waals surface area contributed by atoms with Crippen LogP contribution in [0.1, 0.15) is 17.5 Å². The quantitative estimate of drug-likeness (QED) is 0.251. The Kier molecular flexibility index (Phi) is 9.67. The third kappa shape index (κ3) is 9.84. The van der Waals surface area contributed by atoms with Gasteiger partial charge in [-0.1, -0.05) is 30.3 Å². The predicted octanol–water partition coefficient (Wildman–Crippen LogP) is 6.50. The van der Waals surface area contributed by atoms with Gasteiger partial charge in [0.05, 0.1) is 6.10 Å². The number of hydrogen-bond acceptors (Lipinski definition) is 4. The van der Waals surface area contributed by atoms with E-state index >= 15 is 0 Å². The molecule has 35 heavy (non-hydrogen) atoms. The maximum atomic E-state index is 12.7. The molecule has 13 heteroatoms. The van der Waals surface area contributed by atoms with Crippen molar-refractivity contribution in [3.63, 3.8) is 0 Å². The van der Waals surface area contributed by atoms with Crippen molar-refractivity contribution in [1.82, 2.24) is 4.90 Å². The lowest BCUT2D eigenvalue weighted by molar-refractivity contribution is -0.373. The first-order valence-corrected chi connectivity index (χ1v) is 10.2. The minimum Gasteiger partial charge on any atom is -0.491 e. The predicted molar refractivity (Wildman–Crippen MR) is 107 cm³/mol. The van der Waals surface area contributed by atoms with Gasteiger partial charge in [-0.25, -0.2) is 0 Å². The van der Waals surface area contributed by atoms with Gasteiger partial charge in [0.15, 0.2) is 0 Å². The van der Waals surface area contributed by atoms with E-state index in [9.17, 15) is 39.5 Å². The van der Waals surface area contributed by atoms with E-state index in [-0.39, 0.29) is 12.4 Å². The second-order valence-corrected chi connectivity index (χ2v) is 7.35. The standard InChI is InChI=1S/C22H22F9NO3/c1-33-18(11-12-32(20(23,24)25)21(26,27)28)14-34-19-8-3-2-6-16(19)10-9-15-5-4-7-17(13-15)35-22(29,30)31/h2-8,13,18H,9-12,14H2,1H3. The summed E-state index contributed by atoms with van der Waals surface area (Å²) in [6.07, 6.45) is -17.0. The molecular formula is C22H22F9NO3. The lowest BCUT2D eigenvalue weighted by atomic mass is 10.0. The molecule has 2 aromatic rings. The van der Waals surface area contributed by atoms with Crippen molar-refractivity contribution in [3.8, 4) is 11.5 Å². The molecular weight excluding hydrogens is 497 g/mol. The number of ether oxygens (including phenoxy) is 3. The average Bonchev–Trinajstić information content (AvgIpc) is 2.72. The van der Waals surface area contributed by atoms with Crippen LogP contribution in [-0.4, -0.2) is 50.2 Å². The second-order valence-electron chi connectivity index (χ2n) is 7.35. The average molecular weight is 519 g/mol. The van der Waals surface area contributed by atoms with Crippen molar-refractivity contribution >= 4 is 0 Å². The summed E-state index contributed by atoms with van der Waals surface area (Å²) >= 11 is 0. The number of halogens is 9. The summed E-state index contributed by atoms with van der Waals surface area (Å²) in [5, 5.41) is 0. The summed E-state index contributed by atoms with van der Waals surface area (Å²) in [6.45, 7) is -1.68. The minimum absolute atomic E-state index is 0.314. The molecule has 0 spiro atoms. The molecule has 4 nitrogen and oxygen atoms in total. The highest BCUT2D eigenvalue weighted by atomic mass is 19.4. The van der Waals surface area contributed by atoms with Gasteiger partial charge in [-0.2, -0.15) is 26.3 Å². The normalized spacial score (nSPS) is 13.7. The first-order valence-electron chi connectivity index (χ1n) is 10.2. The number of methoxy groups -OCH3 is 1. The Hall–Kier alpha value is -2.67. The maximum Gasteiger partial charge on any atom is 0.573 e. The van der Waals surface area contributed by atoms with Crippen LogP contribution in [0.25, 0.3) is 0 Å². The van der Waals surface area contributed by atoms with Gasteiger partial charge in [-0.05, 0) is 48.6 Å². The Bertz CT molecular complexity index is 915. The van der Waals surface area contributed by atoms with Crippen molar-refractivity contribution in [2.45, 2.75) is 44.3 Å². The number of hydrogen-bond donors (Lipinski definition) is 0. The Morgan fingerprint density at radius 2 is 1.49 bits per heavy atom. The number of nitrogens with zero attached hydrogens (tertiary/aromatic N) is 1. The van der Waals surface area contributed by atoms with E-state index in [0.717, 1.165) is 13.2 Å². The molecule has 0 heterocycles. The van der Waals surface area contributed by atoms with Crippen molar-refractivity contribution in [2.24, 2.45) is 0 Å². The highest BCUT2D eigenvalue weighted by Crippen LogP contribution is 2.33. The van der Waals surface area contributed by atoms with E-state index in [0.29, 0.717) is 29.7 Å². The van der Waals surface area contributed by atoms with Crippen molar-refractivity contribution in [3.05, 3.63) is 59.7 Å². The van der Waals surface area contributed by atoms with Crippen LogP contribution in [0, 0.1) is 0 Å². The molecule has 196 valence electrons. The van der Waals surface area contributed by atoms with E-state index in [1.54, 1.807) is 30.3 Å². The van der Waals surface area contributed by atoms with E-state index in [2.05, 4.69) is 4.74 Å². The van der Waals surface area contributed by atoms with E-state index in [1.807, 2.05) is 0 Å². The molecule has 0 bridgehead atoms. The molecule has 2 aromatic carbocycles. The van der Waals surface area contributed by atoms with Gasteiger partial charge in [0.1, 0.15) is 18.1 Å². The summed E-state index contributed by atoms with van der Waals surface area (Å²) in [6, 6.07) is 12.0. The number of benzene rings is 2. The smallest absolute Gasteiger partial charge is 0.491 e. The number of para-hydroxylation sites is 1. The van der Waals surface area contributed by atoms with Gasteiger partial charge in [-0.3, -0.25) is 0 Å². The Morgan fingerprint density at radius 1 is 0.829 bits per heavy atom. The monoisotopic (exact) mass is 519 g/mol. The molecule has 0 aromatic heterocycles. The molecule has 0 saturated heterocycles. The zero-order chi connectivity index (χ0) is 26.3. The molecule has 0 saturated carbocycles. The zero-order valence-electron chi connectivity index (χ0n) is 18.3. The highest BCUT2D eigenvalue weighted by Gasteiger charge is 2.53. The van der Waals surface area contributed by atoms with Crippen LogP contribution in [0.2, 0.25) is 0 Å². The Labute approximate surface area is 195 Å². The fraction of sp³-hybridized carbons (Fsp3) is 0.455. The Morgan fingerprint density at radius 3 is 2.09 bits per heavy atom. The summed E-state index contributed by atoms with van der Waals surface area (Å²) in [4.78, 5) is -1.53. The van der Waals surface area contributed by atoms with Gasteiger partial charge < -0.3 is 14.2 Å². The molecule has 1 unspecified atom stereocenters. The third-order valence-corrected chi connectivity index (χ3v) is 4.83. The van der Waals surface area contributed by atoms with Crippen LogP contribution in [0.3, 0.4) is 0 Å². The van der Waals surface area contributed by atoms with Crippen LogP contribution < -0.4 is 9.47 Å². The molecule has 0 fully saturated rings. The van der Waals surface area contributed by atoms with Crippen molar-refractivity contribution < 1.29 is 53.7 Å². The number of alkyl halides is 9. The van der Waals surface area contributed by atoms with Crippen LogP contribution in [-0.2, 0) is 17.6 Å². The van der Waals surface area contributed by atoms with Gasteiger partial charge in [-0.15, -0.1) is 18.1 Å². The van der Waals surface area contributed by atoms with Crippen LogP contribution in [0.4, 0.5) is 39.5 Å².